The molecule has 0 saturated heterocycles. The molecule has 7 heteroatoms. The van der Waals surface area contributed by atoms with E-state index in [1.54, 1.807) is 6.07 Å². The van der Waals surface area contributed by atoms with Crippen molar-refractivity contribution in [2.45, 2.75) is 26.3 Å². The van der Waals surface area contributed by atoms with Crippen molar-refractivity contribution in [1.82, 2.24) is 10.3 Å². The second-order valence-electron chi connectivity index (χ2n) is 5.71. The summed E-state index contributed by atoms with van der Waals surface area (Å²) < 4.78 is 24.6. The average molecular weight is 371 g/mol. The van der Waals surface area contributed by atoms with Gasteiger partial charge in [0.25, 0.3) is 0 Å². The number of carbonyl (C=O) groups is 1. The predicted molar refractivity (Wildman–Crippen MR) is 84.9 cm³/mol. The fourth-order valence-electron chi connectivity index (χ4n) is 1.81. The summed E-state index contributed by atoms with van der Waals surface area (Å²) in [4.78, 5) is 15.8. The number of benzene rings is 1. The van der Waals surface area contributed by atoms with Gasteiger partial charge < -0.3 is 14.8 Å². The number of nitrogens with one attached hydrogen (secondary N) is 1. The van der Waals surface area contributed by atoms with Crippen LogP contribution in [0.2, 0.25) is 0 Å². The number of fused-ring (bicyclic) bond motifs is 1. The molecule has 0 aliphatic heterocycles. The maximum atomic E-state index is 13.9. The molecule has 1 amide bonds. The summed E-state index contributed by atoms with van der Waals surface area (Å²) in [6.45, 7) is 5.51. The summed E-state index contributed by atoms with van der Waals surface area (Å²) in [5.74, 6) is 0.0337. The Morgan fingerprint density at radius 2 is 2.05 bits per heavy atom. The zero-order valence-electron chi connectivity index (χ0n) is 12.7. The number of ether oxygens (including phenoxy) is 2. The molecule has 0 atom stereocenters. The second kappa shape index (κ2) is 6.08. The molecule has 0 bridgehead atoms. The van der Waals surface area contributed by atoms with Crippen LogP contribution in [0.3, 0.4) is 0 Å². The van der Waals surface area contributed by atoms with Gasteiger partial charge in [-0.1, -0.05) is 0 Å². The van der Waals surface area contributed by atoms with E-state index in [-0.39, 0.29) is 11.3 Å². The van der Waals surface area contributed by atoms with E-state index in [4.69, 9.17) is 9.47 Å². The lowest BCUT2D eigenvalue weighted by Crippen LogP contribution is -2.42. The minimum absolute atomic E-state index is 0.163. The fraction of sp³-hybridized carbons (Fsp3) is 0.333. The van der Waals surface area contributed by atoms with Crippen LogP contribution in [0.15, 0.2) is 22.8 Å². The second-order valence-corrected chi connectivity index (χ2v) is 6.50. The van der Waals surface area contributed by atoms with E-state index in [9.17, 15) is 9.18 Å². The molecule has 5 nitrogen and oxygen atoms in total. The maximum Gasteiger partial charge on any atom is 0.413 e. The summed E-state index contributed by atoms with van der Waals surface area (Å²) in [7, 11) is 1.44. The van der Waals surface area contributed by atoms with Crippen LogP contribution in [-0.2, 0) is 0 Å². The van der Waals surface area contributed by atoms with Gasteiger partial charge in [-0.25, -0.2) is 14.2 Å². The molecule has 0 unspecified atom stereocenters. The van der Waals surface area contributed by atoms with Crippen molar-refractivity contribution in [2.24, 2.45) is 0 Å². The Balaban J connectivity index is 2.40. The summed E-state index contributed by atoms with van der Waals surface area (Å²) >= 11 is 3.32. The molecule has 0 spiro atoms. The zero-order valence-corrected chi connectivity index (χ0v) is 14.2. The first-order valence-electron chi connectivity index (χ1n) is 6.53. The lowest BCUT2D eigenvalue weighted by molar-refractivity contribution is 0.190. The molecule has 0 saturated carbocycles. The van der Waals surface area contributed by atoms with Crippen LogP contribution >= 0.6 is 15.9 Å². The van der Waals surface area contributed by atoms with Gasteiger partial charge in [-0.15, -0.1) is 0 Å². The van der Waals surface area contributed by atoms with Crippen LogP contribution in [0.1, 0.15) is 20.8 Å². The van der Waals surface area contributed by atoms with Crippen molar-refractivity contribution in [2.75, 3.05) is 7.11 Å². The third kappa shape index (κ3) is 3.65. The minimum Gasteiger partial charge on any atom is -0.497 e. The zero-order chi connectivity index (χ0) is 16.5. The first kappa shape index (κ1) is 16.5. The topological polar surface area (TPSA) is 60.5 Å². The Bertz CT molecular complexity index is 729. The van der Waals surface area contributed by atoms with Gasteiger partial charge in [0.15, 0.2) is 11.6 Å². The summed E-state index contributed by atoms with van der Waals surface area (Å²) in [5.41, 5.74) is -0.264. The molecule has 2 rings (SSSR count). The van der Waals surface area contributed by atoms with Crippen molar-refractivity contribution in [3.63, 3.8) is 0 Å². The minimum atomic E-state index is -0.613. The van der Waals surface area contributed by atoms with Crippen LogP contribution < -0.4 is 14.8 Å². The van der Waals surface area contributed by atoms with E-state index in [1.807, 2.05) is 20.8 Å². The number of amides is 1. The third-order valence-corrected chi connectivity index (χ3v) is 3.53. The first-order valence-corrected chi connectivity index (χ1v) is 7.32. The van der Waals surface area contributed by atoms with Gasteiger partial charge in [0.2, 0.25) is 0 Å². The number of hydrogen-bond acceptors (Lipinski definition) is 4. The Morgan fingerprint density at radius 1 is 1.36 bits per heavy atom. The molecule has 1 heterocycles. The highest BCUT2D eigenvalue weighted by atomic mass is 79.9. The molecule has 118 valence electrons. The molecule has 1 N–H and O–H groups in total. The highest BCUT2D eigenvalue weighted by Gasteiger charge is 2.18. The van der Waals surface area contributed by atoms with Gasteiger partial charge >= 0.3 is 6.09 Å². The van der Waals surface area contributed by atoms with E-state index in [0.29, 0.717) is 15.6 Å². The Hall–Kier alpha value is -1.89. The van der Waals surface area contributed by atoms with Crippen LogP contribution in [0.25, 0.3) is 10.9 Å². The molecule has 0 aliphatic rings. The van der Waals surface area contributed by atoms with E-state index in [0.717, 1.165) is 0 Å². The predicted octanol–water partition coefficient (Wildman–Crippen LogP) is 4.03. The standard InChI is InChI=1S/C15H16BrFN2O3/c1-15(2,3)19-14(20)22-11-7-18-13-9(12(11)16)5-8(21-4)6-10(13)17/h5-7H,1-4H3,(H,19,20). The van der Waals surface area contributed by atoms with Crippen molar-refractivity contribution in [3.05, 3.63) is 28.6 Å². The number of pyridine rings is 1. The van der Waals surface area contributed by atoms with Gasteiger partial charge in [0.1, 0.15) is 11.3 Å². The molecule has 1 aromatic carbocycles. The van der Waals surface area contributed by atoms with Crippen molar-refractivity contribution in [3.8, 4) is 11.5 Å². The maximum absolute atomic E-state index is 13.9. The number of rotatable bonds is 2. The van der Waals surface area contributed by atoms with Crippen molar-refractivity contribution < 1.29 is 18.7 Å². The molecular formula is C15H16BrFN2O3. The van der Waals surface area contributed by atoms with Crippen LogP contribution in [0.4, 0.5) is 9.18 Å². The van der Waals surface area contributed by atoms with E-state index < -0.39 is 17.4 Å². The lowest BCUT2D eigenvalue weighted by atomic mass is 10.1. The molecule has 0 radical (unpaired) electrons. The lowest BCUT2D eigenvalue weighted by Gasteiger charge is -2.20. The molecule has 0 aliphatic carbocycles. The normalized spacial score (nSPS) is 11.4. The average Bonchev–Trinajstić information content (AvgIpc) is 2.40. The molecule has 1 aromatic heterocycles. The van der Waals surface area contributed by atoms with Crippen LogP contribution in [-0.4, -0.2) is 23.7 Å². The number of nitrogens with zero attached hydrogens (tertiary/aromatic N) is 1. The highest BCUT2D eigenvalue weighted by Crippen LogP contribution is 2.35. The number of halogens is 2. The van der Waals surface area contributed by atoms with Crippen LogP contribution in [0.5, 0.6) is 11.5 Å². The monoisotopic (exact) mass is 370 g/mol. The largest absolute Gasteiger partial charge is 0.497 e. The van der Waals surface area contributed by atoms with Gasteiger partial charge in [-0.3, -0.25) is 0 Å². The van der Waals surface area contributed by atoms with E-state index in [1.165, 1.54) is 19.4 Å². The number of methoxy groups -OCH3 is 1. The van der Waals surface area contributed by atoms with Crippen molar-refractivity contribution in [1.29, 1.82) is 0 Å². The molecular weight excluding hydrogens is 355 g/mol. The summed E-state index contributed by atoms with van der Waals surface area (Å²) in [6, 6.07) is 2.86. The molecule has 0 fully saturated rings. The van der Waals surface area contributed by atoms with Gasteiger partial charge in [0.05, 0.1) is 17.8 Å². The summed E-state index contributed by atoms with van der Waals surface area (Å²) in [5, 5.41) is 3.12. The molecule has 22 heavy (non-hydrogen) atoms. The molecule has 2 aromatic rings. The quantitative estimate of drug-likeness (QED) is 0.866. The Labute approximate surface area is 135 Å². The SMILES string of the molecule is COc1cc(F)c2ncc(OC(=O)NC(C)(C)C)c(Br)c2c1. The van der Waals surface area contributed by atoms with E-state index >= 15 is 0 Å². The Kier molecular flexibility index (Phi) is 4.55. The Morgan fingerprint density at radius 3 is 2.64 bits per heavy atom. The van der Waals surface area contributed by atoms with E-state index in [2.05, 4.69) is 26.2 Å². The van der Waals surface area contributed by atoms with Gasteiger partial charge in [-0.05, 0) is 42.8 Å². The number of hydrogen-bond donors (Lipinski definition) is 1. The highest BCUT2D eigenvalue weighted by molar-refractivity contribution is 9.10. The smallest absolute Gasteiger partial charge is 0.413 e. The first-order chi connectivity index (χ1) is 10.2. The summed E-state index contributed by atoms with van der Waals surface area (Å²) in [6.07, 6.45) is 0.683. The van der Waals surface area contributed by atoms with Gasteiger partial charge in [0, 0.05) is 17.0 Å². The van der Waals surface area contributed by atoms with Crippen molar-refractivity contribution >= 4 is 32.9 Å². The van der Waals surface area contributed by atoms with Gasteiger partial charge in [-0.2, -0.15) is 0 Å². The van der Waals surface area contributed by atoms with Crippen LogP contribution in [0, 0.1) is 5.82 Å². The fourth-order valence-corrected chi connectivity index (χ4v) is 2.29. The number of aromatic nitrogens is 1. The third-order valence-electron chi connectivity index (χ3n) is 2.72. The number of carbonyl (C=O) groups excluding carboxylic acids is 1.